The third-order valence-electron chi connectivity index (χ3n) is 3.55. The summed E-state index contributed by atoms with van der Waals surface area (Å²) in [5, 5.41) is 6.08. The van der Waals surface area contributed by atoms with Gasteiger partial charge in [-0.2, -0.15) is 0 Å². The molecule has 0 rings (SSSR count). The first-order chi connectivity index (χ1) is 13.7. The van der Waals surface area contributed by atoms with Crippen molar-refractivity contribution >= 4 is 20.8 Å². The summed E-state index contributed by atoms with van der Waals surface area (Å²) in [5.74, 6) is -0.164. The fraction of sp³-hybridized carbons (Fsp3) is 0.900. The van der Waals surface area contributed by atoms with Crippen LogP contribution in [0.25, 0.3) is 0 Å². The highest BCUT2D eigenvalue weighted by Crippen LogP contribution is 2.23. The summed E-state index contributed by atoms with van der Waals surface area (Å²) in [6, 6.07) is 0. The molecule has 29 heavy (non-hydrogen) atoms. The predicted octanol–water partition coefficient (Wildman–Crippen LogP) is 1.42. The minimum absolute atomic E-state index is 0.0307. The van der Waals surface area contributed by atoms with E-state index in [9.17, 15) is 9.59 Å². The van der Waals surface area contributed by atoms with E-state index < -0.39 is 0 Å². The van der Waals surface area contributed by atoms with Gasteiger partial charge in [0.05, 0.1) is 46.0 Å². The van der Waals surface area contributed by atoms with Crippen LogP contribution in [0.15, 0.2) is 0 Å². The lowest BCUT2D eigenvalue weighted by molar-refractivity contribution is -0.125. The van der Waals surface area contributed by atoms with Crippen LogP contribution in [0.5, 0.6) is 0 Å². The van der Waals surface area contributed by atoms with Crippen LogP contribution in [0.3, 0.4) is 0 Å². The first-order valence-electron chi connectivity index (χ1n) is 10.2. The van der Waals surface area contributed by atoms with Crippen molar-refractivity contribution in [1.29, 1.82) is 0 Å². The average Bonchev–Trinajstić information content (AvgIpc) is 2.64. The van der Waals surface area contributed by atoms with E-state index in [1.165, 1.54) is 0 Å². The molecular weight excluding hydrogens is 395 g/mol. The molecular formula is C20H41N2O6P. The van der Waals surface area contributed by atoms with Crippen LogP contribution >= 0.6 is 8.58 Å². The molecule has 0 fully saturated rings. The molecule has 0 aliphatic heterocycles. The Morgan fingerprint density at radius 3 is 1.97 bits per heavy atom. The summed E-state index contributed by atoms with van der Waals surface area (Å²) in [6.07, 6.45) is 2.22. The Hall–Kier alpha value is -0.630. The van der Waals surface area contributed by atoms with Gasteiger partial charge in [-0.1, -0.05) is 22.4 Å². The second-order valence-electron chi connectivity index (χ2n) is 8.39. The fourth-order valence-corrected chi connectivity index (χ4v) is 3.06. The van der Waals surface area contributed by atoms with E-state index in [-0.39, 0.29) is 23.5 Å². The van der Waals surface area contributed by atoms with Crippen LogP contribution in [-0.4, -0.2) is 89.6 Å². The summed E-state index contributed by atoms with van der Waals surface area (Å²) < 4.78 is 21.6. The van der Waals surface area contributed by atoms with Crippen molar-refractivity contribution < 1.29 is 28.5 Å². The van der Waals surface area contributed by atoms with Gasteiger partial charge in [-0.15, -0.1) is 0 Å². The molecule has 1 amide bonds. The number of hydrogen-bond acceptors (Lipinski definition) is 7. The second kappa shape index (κ2) is 17.1. The normalized spacial score (nSPS) is 12.6. The van der Waals surface area contributed by atoms with E-state index in [2.05, 4.69) is 31.4 Å². The maximum atomic E-state index is 11.6. The Labute approximate surface area is 177 Å². The molecule has 9 heteroatoms. The van der Waals surface area contributed by atoms with Crippen molar-refractivity contribution in [2.24, 2.45) is 5.41 Å². The lowest BCUT2D eigenvalue weighted by atomic mass is 10.00. The highest BCUT2D eigenvalue weighted by Gasteiger charge is 2.15. The lowest BCUT2D eigenvalue weighted by Crippen LogP contribution is -2.38. The third kappa shape index (κ3) is 21.9. The fourth-order valence-electron chi connectivity index (χ4n) is 1.98. The van der Waals surface area contributed by atoms with Gasteiger partial charge in [0.2, 0.25) is 5.91 Å². The highest BCUT2D eigenvalue weighted by atomic mass is 31.1. The number of aldehydes is 1. The smallest absolute Gasteiger partial charge is 0.246 e. The number of nitrogens with one attached hydrogen (secondary N) is 2. The molecule has 0 aromatic heterocycles. The number of ether oxygens (including phenoxy) is 4. The van der Waals surface area contributed by atoms with Crippen molar-refractivity contribution in [1.82, 2.24) is 10.6 Å². The van der Waals surface area contributed by atoms with E-state index in [0.29, 0.717) is 61.1 Å². The molecule has 0 aromatic carbocycles. The van der Waals surface area contributed by atoms with Gasteiger partial charge in [0.1, 0.15) is 12.9 Å². The van der Waals surface area contributed by atoms with Crippen LogP contribution in [0.1, 0.15) is 34.6 Å². The molecule has 0 aromatic rings. The van der Waals surface area contributed by atoms with E-state index in [1.54, 1.807) is 0 Å². The quantitative estimate of drug-likeness (QED) is 0.180. The minimum Gasteiger partial charge on any atom is -0.378 e. The Kier molecular flexibility index (Phi) is 16.7. The lowest BCUT2D eigenvalue weighted by Gasteiger charge is -2.20. The van der Waals surface area contributed by atoms with E-state index in [4.69, 9.17) is 18.9 Å². The van der Waals surface area contributed by atoms with E-state index in [0.717, 1.165) is 19.0 Å². The number of amides is 1. The molecule has 0 radical (unpaired) electrons. The molecule has 1 unspecified atom stereocenters. The van der Waals surface area contributed by atoms with Gasteiger partial charge in [-0.3, -0.25) is 4.79 Å². The summed E-state index contributed by atoms with van der Waals surface area (Å²) in [4.78, 5) is 22.4. The molecule has 0 heterocycles. The summed E-state index contributed by atoms with van der Waals surface area (Å²) in [7, 11) is 0.505. The Bertz CT molecular complexity index is 430. The molecule has 0 bridgehead atoms. The zero-order valence-corrected chi connectivity index (χ0v) is 19.8. The number of carbonyl (C=O) groups is 2. The Morgan fingerprint density at radius 2 is 1.41 bits per heavy atom. The zero-order chi connectivity index (χ0) is 22.0. The molecule has 1 atom stereocenters. The van der Waals surface area contributed by atoms with Crippen LogP contribution < -0.4 is 10.6 Å². The number of rotatable bonds is 19. The topological polar surface area (TPSA) is 95.1 Å². The first-order valence-corrected chi connectivity index (χ1v) is 11.6. The van der Waals surface area contributed by atoms with Crippen LogP contribution in [0, 0.1) is 5.41 Å². The van der Waals surface area contributed by atoms with Crippen molar-refractivity contribution in [2.45, 2.75) is 40.2 Å². The molecule has 2 N–H and O–H groups in total. The van der Waals surface area contributed by atoms with Gasteiger partial charge in [-0.05, 0) is 26.9 Å². The SMILES string of the molecule is CC(C)(C=O)CPCOCC(=O)NCCOCCOCCOCCNC(C)(C)C. The molecule has 0 aliphatic carbocycles. The van der Waals surface area contributed by atoms with Crippen molar-refractivity contribution in [3.63, 3.8) is 0 Å². The zero-order valence-electron chi connectivity index (χ0n) is 18.8. The minimum atomic E-state index is -0.318. The maximum Gasteiger partial charge on any atom is 0.246 e. The highest BCUT2D eigenvalue weighted by molar-refractivity contribution is 7.37. The van der Waals surface area contributed by atoms with Crippen LogP contribution in [0.4, 0.5) is 0 Å². The van der Waals surface area contributed by atoms with Crippen molar-refractivity contribution in [2.75, 3.05) is 71.8 Å². The molecule has 172 valence electrons. The van der Waals surface area contributed by atoms with E-state index in [1.807, 2.05) is 13.8 Å². The summed E-state index contributed by atoms with van der Waals surface area (Å²) >= 11 is 0. The van der Waals surface area contributed by atoms with Gasteiger partial charge < -0.3 is 34.4 Å². The monoisotopic (exact) mass is 436 g/mol. The largest absolute Gasteiger partial charge is 0.378 e. The number of hydrogen-bond donors (Lipinski definition) is 2. The van der Waals surface area contributed by atoms with Gasteiger partial charge in [0.25, 0.3) is 0 Å². The molecule has 0 saturated heterocycles. The van der Waals surface area contributed by atoms with Crippen molar-refractivity contribution in [3.8, 4) is 0 Å². The van der Waals surface area contributed by atoms with Gasteiger partial charge in [0, 0.05) is 24.0 Å². The Balaban J connectivity index is 3.28. The number of carbonyl (C=O) groups excluding carboxylic acids is 2. The van der Waals surface area contributed by atoms with Crippen LogP contribution in [0.2, 0.25) is 0 Å². The van der Waals surface area contributed by atoms with Gasteiger partial charge in [-0.25, -0.2) is 0 Å². The summed E-state index contributed by atoms with van der Waals surface area (Å²) in [6.45, 7) is 14.6. The van der Waals surface area contributed by atoms with Gasteiger partial charge in [0.15, 0.2) is 0 Å². The van der Waals surface area contributed by atoms with Gasteiger partial charge >= 0.3 is 0 Å². The molecule has 0 spiro atoms. The second-order valence-corrected chi connectivity index (χ2v) is 9.53. The Morgan fingerprint density at radius 1 is 0.862 bits per heavy atom. The van der Waals surface area contributed by atoms with Crippen LogP contribution in [-0.2, 0) is 28.5 Å². The molecule has 0 aliphatic rings. The molecule has 0 saturated carbocycles. The third-order valence-corrected chi connectivity index (χ3v) is 5.12. The maximum absolute atomic E-state index is 11.6. The van der Waals surface area contributed by atoms with Crippen molar-refractivity contribution in [3.05, 3.63) is 0 Å². The van der Waals surface area contributed by atoms with E-state index >= 15 is 0 Å². The predicted molar refractivity (Wildman–Crippen MR) is 117 cm³/mol. The first kappa shape index (κ1) is 28.4. The standard InChI is InChI=1S/C20H41N2O6P/c1-19(2,3)22-7-9-26-11-13-27-12-10-25-8-6-21-18(24)14-28-17-29-16-20(4,5)15-23/h15,22,29H,6-14,16-17H2,1-5H3,(H,21,24). The molecule has 8 nitrogen and oxygen atoms in total. The summed E-state index contributed by atoms with van der Waals surface area (Å²) in [5.41, 5.74) is -0.208. The average molecular weight is 437 g/mol.